The summed E-state index contributed by atoms with van der Waals surface area (Å²) in [4.78, 5) is 0. The molecule has 0 radical (unpaired) electrons. The molecule has 6 N–H and O–H groups in total. The van der Waals surface area contributed by atoms with Gasteiger partial charge in [0.05, 0.1) is 12.6 Å². The zero-order valence-electron chi connectivity index (χ0n) is 5.47. The lowest BCUT2D eigenvalue weighted by Crippen LogP contribution is -2.60. The highest BCUT2D eigenvalue weighted by Gasteiger charge is 2.33. The molecule has 10 heavy (non-hydrogen) atoms. The smallest absolute Gasteiger partial charge is 0.123 e. The second-order valence-electron chi connectivity index (χ2n) is 2.43. The van der Waals surface area contributed by atoms with Crippen LogP contribution < -0.4 is 11.5 Å². The first kappa shape index (κ1) is 7.90. The molecule has 5 heteroatoms. The van der Waals surface area contributed by atoms with Gasteiger partial charge in [0.15, 0.2) is 0 Å². The molecule has 0 aromatic rings. The van der Waals surface area contributed by atoms with Crippen molar-refractivity contribution in [3.05, 3.63) is 0 Å². The van der Waals surface area contributed by atoms with Crippen molar-refractivity contribution in [1.82, 2.24) is 0 Å². The van der Waals surface area contributed by atoms with Gasteiger partial charge in [0.2, 0.25) is 0 Å². The fraction of sp³-hybridized carbons (Fsp3) is 1.00. The summed E-state index contributed by atoms with van der Waals surface area (Å²) in [5.74, 6) is 0. The van der Waals surface area contributed by atoms with Crippen molar-refractivity contribution in [3.63, 3.8) is 0 Å². The first-order chi connectivity index (χ1) is 4.63. The number of hydrogen-bond acceptors (Lipinski definition) is 5. The molecule has 1 aliphatic heterocycles. The van der Waals surface area contributed by atoms with Crippen molar-refractivity contribution in [2.45, 2.75) is 24.5 Å². The van der Waals surface area contributed by atoms with E-state index in [1.807, 2.05) is 0 Å². The van der Waals surface area contributed by atoms with Crippen molar-refractivity contribution >= 4 is 0 Å². The van der Waals surface area contributed by atoms with Crippen molar-refractivity contribution in [2.24, 2.45) is 11.5 Å². The molecule has 4 atom stereocenters. The van der Waals surface area contributed by atoms with Crippen LogP contribution in [0.3, 0.4) is 0 Å². The highest BCUT2D eigenvalue weighted by atomic mass is 16.5. The highest BCUT2D eigenvalue weighted by molar-refractivity contribution is 4.86. The van der Waals surface area contributed by atoms with Crippen LogP contribution in [-0.4, -0.2) is 41.3 Å². The molecule has 0 bridgehead atoms. The summed E-state index contributed by atoms with van der Waals surface area (Å²) in [6, 6.07) is -0.691. The quantitative estimate of drug-likeness (QED) is 0.300. The Morgan fingerprint density at radius 2 is 1.90 bits per heavy atom. The first-order valence-corrected chi connectivity index (χ1v) is 3.12. The monoisotopic (exact) mass is 148 g/mol. The minimum Gasteiger partial charge on any atom is -0.389 e. The standard InChI is InChI=1S/C5H12N2O3/c6-3-4(9)2(8)1-10-5(3)7/h2-5,8-9H,1,6-7H2. The predicted molar refractivity (Wildman–Crippen MR) is 33.9 cm³/mol. The summed E-state index contributed by atoms with van der Waals surface area (Å²) in [5.41, 5.74) is 10.7. The van der Waals surface area contributed by atoms with Gasteiger partial charge in [-0.3, -0.25) is 0 Å². The average molecular weight is 148 g/mol. The third kappa shape index (κ3) is 1.28. The van der Waals surface area contributed by atoms with Crippen molar-refractivity contribution in [1.29, 1.82) is 0 Å². The minimum absolute atomic E-state index is 0.0516. The molecular weight excluding hydrogens is 136 g/mol. The minimum atomic E-state index is -0.969. The van der Waals surface area contributed by atoms with Gasteiger partial charge in [-0.25, -0.2) is 0 Å². The molecule has 0 aromatic heterocycles. The van der Waals surface area contributed by atoms with Crippen LogP contribution in [0.5, 0.6) is 0 Å². The number of rotatable bonds is 0. The van der Waals surface area contributed by atoms with Crippen LogP contribution in [0.1, 0.15) is 0 Å². The molecule has 1 heterocycles. The van der Waals surface area contributed by atoms with Gasteiger partial charge in [-0.2, -0.15) is 0 Å². The zero-order chi connectivity index (χ0) is 7.72. The summed E-state index contributed by atoms with van der Waals surface area (Å²) < 4.78 is 4.82. The Kier molecular flexibility index (Phi) is 2.22. The Morgan fingerprint density at radius 1 is 1.30 bits per heavy atom. The molecule has 0 saturated carbocycles. The Labute approximate surface area is 58.6 Å². The van der Waals surface area contributed by atoms with Crippen molar-refractivity contribution in [2.75, 3.05) is 6.61 Å². The maximum Gasteiger partial charge on any atom is 0.123 e. The Morgan fingerprint density at radius 3 is 2.40 bits per heavy atom. The number of aliphatic hydroxyl groups excluding tert-OH is 2. The zero-order valence-corrected chi connectivity index (χ0v) is 5.47. The van der Waals surface area contributed by atoms with Gasteiger partial charge in [0, 0.05) is 0 Å². The number of hydrogen-bond donors (Lipinski definition) is 4. The Bertz CT molecular complexity index is 107. The Hall–Kier alpha value is -0.200. The number of nitrogens with two attached hydrogens (primary N) is 2. The first-order valence-electron chi connectivity index (χ1n) is 3.12. The molecule has 1 saturated heterocycles. The average Bonchev–Trinajstić information content (AvgIpc) is 1.93. The summed E-state index contributed by atoms with van der Waals surface area (Å²) in [6.07, 6.45) is -2.54. The maximum atomic E-state index is 9.08. The van der Waals surface area contributed by atoms with E-state index in [4.69, 9.17) is 26.4 Å². The van der Waals surface area contributed by atoms with E-state index in [0.717, 1.165) is 0 Å². The lowest BCUT2D eigenvalue weighted by Gasteiger charge is -2.33. The van der Waals surface area contributed by atoms with Crippen LogP contribution in [0, 0.1) is 0 Å². The van der Waals surface area contributed by atoms with Gasteiger partial charge in [0.25, 0.3) is 0 Å². The van der Waals surface area contributed by atoms with E-state index in [2.05, 4.69) is 0 Å². The summed E-state index contributed by atoms with van der Waals surface area (Å²) >= 11 is 0. The molecule has 0 amide bonds. The molecule has 0 aliphatic carbocycles. The second kappa shape index (κ2) is 2.81. The molecule has 60 valence electrons. The Balaban J connectivity index is 2.52. The van der Waals surface area contributed by atoms with E-state index in [1.165, 1.54) is 0 Å². The molecule has 1 fully saturated rings. The fourth-order valence-electron chi connectivity index (χ4n) is 0.870. The van der Waals surface area contributed by atoms with Crippen LogP contribution in [0.2, 0.25) is 0 Å². The lowest BCUT2D eigenvalue weighted by molar-refractivity contribution is -0.130. The van der Waals surface area contributed by atoms with Crippen LogP contribution in [0.4, 0.5) is 0 Å². The van der Waals surface area contributed by atoms with Crippen LogP contribution in [-0.2, 0) is 4.74 Å². The van der Waals surface area contributed by atoms with Gasteiger partial charge in [-0.1, -0.05) is 0 Å². The third-order valence-corrected chi connectivity index (χ3v) is 1.63. The topological polar surface area (TPSA) is 102 Å². The van der Waals surface area contributed by atoms with Crippen molar-refractivity contribution < 1.29 is 14.9 Å². The summed E-state index contributed by atoms with van der Waals surface area (Å²) in [7, 11) is 0. The SMILES string of the molecule is NC1OCC(O)C(O)C1N. The summed E-state index contributed by atoms with van der Waals surface area (Å²) in [6.45, 7) is 0.0516. The largest absolute Gasteiger partial charge is 0.389 e. The van der Waals surface area contributed by atoms with Gasteiger partial charge >= 0.3 is 0 Å². The van der Waals surface area contributed by atoms with E-state index in [9.17, 15) is 0 Å². The van der Waals surface area contributed by atoms with E-state index < -0.39 is 24.5 Å². The molecule has 0 aromatic carbocycles. The highest BCUT2D eigenvalue weighted by Crippen LogP contribution is 2.09. The summed E-state index contributed by atoms with van der Waals surface area (Å²) in [5, 5.41) is 18.0. The van der Waals surface area contributed by atoms with Gasteiger partial charge in [-0.15, -0.1) is 0 Å². The van der Waals surface area contributed by atoms with E-state index >= 15 is 0 Å². The normalized spacial score (nSPS) is 49.2. The van der Waals surface area contributed by atoms with Gasteiger partial charge in [0.1, 0.15) is 18.4 Å². The molecule has 4 unspecified atom stereocenters. The van der Waals surface area contributed by atoms with Gasteiger partial charge in [-0.05, 0) is 0 Å². The van der Waals surface area contributed by atoms with E-state index in [0.29, 0.717) is 0 Å². The predicted octanol–water partition coefficient (Wildman–Crippen LogP) is -2.65. The molecule has 1 aliphatic rings. The van der Waals surface area contributed by atoms with Crippen LogP contribution in [0.25, 0.3) is 0 Å². The van der Waals surface area contributed by atoms with E-state index in [1.54, 1.807) is 0 Å². The lowest BCUT2D eigenvalue weighted by atomic mass is 10.0. The second-order valence-corrected chi connectivity index (χ2v) is 2.43. The van der Waals surface area contributed by atoms with Crippen LogP contribution in [0.15, 0.2) is 0 Å². The molecule has 1 rings (SSSR count). The molecule has 5 nitrogen and oxygen atoms in total. The fourth-order valence-corrected chi connectivity index (χ4v) is 0.870. The van der Waals surface area contributed by atoms with Crippen molar-refractivity contribution in [3.8, 4) is 0 Å². The third-order valence-electron chi connectivity index (χ3n) is 1.63. The van der Waals surface area contributed by atoms with E-state index in [-0.39, 0.29) is 6.61 Å². The molecular formula is C5H12N2O3. The van der Waals surface area contributed by atoms with Crippen LogP contribution >= 0.6 is 0 Å². The number of aliphatic hydroxyl groups is 2. The molecule has 0 spiro atoms. The van der Waals surface area contributed by atoms with Gasteiger partial charge < -0.3 is 26.4 Å². The number of ether oxygens (including phenoxy) is 1. The maximum absolute atomic E-state index is 9.08.